The van der Waals surface area contributed by atoms with Crippen LogP contribution in [0.15, 0.2) is 53.3 Å². The topological polar surface area (TPSA) is 50.7 Å². The van der Waals surface area contributed by atoms with Crippen molar-refractivity contribution < 1.29 is 0 Å². The maximum atomic E-state index is 5.90. The summed E-state index contributed by atoms with van der Waals surface area (Å²) in [5.74, 6) is 1.49. The quantitative estimate of drug-likeness (QED) is 0.691. The molecule has 0 spiro atoms. The van der Waals surface area contributed by atoms with Crippen LogP contribution >= 0.6 is 27.5 Å². The van der Waals surface area contributed by atoms with Crippen LogP contribution in [0.1, 0.15) is 11.4 Å². The van der Waals surface area contributed by atoms with Crippen LogP contribution in [-0.2, 0) is 6.54 Å². The fourth-order valence-electron chi connectivity index (χ4n) is 2.15. The SMILES string of the molecule is Cc1nc(NCc2ccc(Cl)cc2)cc(-c2cncc(Br)c2)n1. The zero-order valence-electron chi connectivity index (χ0n) is 12.4. The Morgan fingerprint density at radius 1 is 1.09 bits per heavy atom. The van der Waals surface area contributed by atoms with Gasteiger partial charge < -0.3 is 5.32 Å². The third kappa shape index (κ3) is 4.27. The summed E-state index contributed by atoms with van der Waals surface area (Å²) in [6.07, 6.45) is 3.53. The average Bonchev–Trinajstić information content (AvgIpc) is 2.54. The normalized spacial score (nSPS) is 10.6. The molecule has 1 aromatic carbocycles. The predicted octanol–water partition coefficient (Wildman–Crippen LogP) is 4.88. The summed E-state index contributed by atoms with van der Waals surface area (Å²) in [4.78, 5) is 13.1. The number of pyridine rings is 1. The van der Waals surface area contributed by atoms with Crippen LogP contribution in [0, 0.1) is 6.92 Å². The summed E-state index contributed by atoms with van der Waals surface area (Å²) < 4.78 is 0.918. The number of hydrogen-bond acceptors (Lipinski definition) is 4. The van der Waals surface area contributed by atoms with Crippen LogP contribution in [0.25, 0.3) is 11.3 Å². The van der Waals surface area contributed by atoms with Crippen molar-refractivity contribution in [1.29, 1.82) is 0 Å². The van der Waals surface area contributed by atoms with Gasteiger partial charge in [-0.15, -0.1) is 0 Å². The molecule has 0 saturated carbocycles. The summed E-state index contributed by atoms with van der Waals surface area (Å²) in [6, 6.07) is 11.6. The van der Waals surface area contributed by atoms with Gasteiger partial charge in [0.2, 0.25) is 0 Å². The number of aromatic nitrogens is 3. The van der Waals surface area contributed by atoms with E-state index in [0.717, 1.165) is 32.1 Å². The predicted molar refractivity (Wildman–Crippen MR) is 96.5 cm³/mol. The first-order valence-corrected chi connectivity index (χ1v) is 8.22. The van der Waals surface area contributed by atoms with Gasteiger partial charge in [-0.2, -0.15) is 0 Å². The molecular formula is C17H14BrClN4. The lowest BCUT2D eigenvalue weighted by atomic mass is 10.2. The summed E-state index contributed by atoms with van der Waals surface area (Å²) in [5, 5.41) is 4.05. The average molecular weight is 390 g/mol. The number of anilines is 1. The molecule has 0 aliphatic carbocycles. The molecule has 3 aromatic rings. The highest BCUT2D eigenvalue weighted by Crippen LogP contribution is 2.22. The monoisotopic (exact) mass is 388 g/mol. The first-order chi connectivity index (χ1) is 11.1. The molecule has 0 amide bonds. The van der Waals surface area contributed by atoms with E-state index in [1.165, 1.54) is 0 Å². The Kier molecular flexibility index (Phi) is 4.88. The standard InChI is InChI=1S/C17H14BrClN4/c1-11-22-16(13-6-14(18)10-20-9-13)7-17(23-11)21-8-12-2-4-15(19)5-3-12/h2-7,9-10H,8H2,1H3,(H,21,22,23). The van der Waals surface area contributed by atoms with E-state index in [4.69, 9.17) is 11.6 Å². The molecule has 0 radical (unpaired) electrons. The lowest BCUT2D eigenvalue weighted by Gasteiger charge is -2.09. The van der Waals surface area contributed by atoms with Crippen LogP contribution in [0.4, 0.5) is 5.82 Å². The van der Waals surface area contributed by atoms with Gasteiger partial charge in [0.15, 0.2) is 0 Å². The van der Waals surface area contributed by atoms with Gasteiger partial charge in [-0.05, 0) is 46.6 Å². The molecule has 0 aliphatic heterocycles. The van der Waals surface area contributed by atoms with Gasteiger partial charge in [0.25, 0.3) is 0 Å². The molecule has 6 heteroatoms. The second-order valence-electron chi connectivity index (χ2n) is 5.06. The number of nitrogens with one attached hydrogen (secondary N) is 1. The third-order valence-electron chi connectivity index (χ3n) is 3.23. The first kappa shape index (κ1) is 15.9. The minimum Gasteiger partial charge on any atom is -0.366 e. The van der Waals surface area contributed by atoms with E-state index in [-0.39, 0.29) is 0 Å². The minimum absolute atomic E-state index is 0.670. The molecule has 0 saturated heterocycles. The highest BCUT2D eigenvalue weighted by Gasteiger charge is 2.06. The molecule has 116 valence electrons. The van der Waals surface area contributed by atoms with Crippen LogP contribution in [0.5, 0.6) is 0 Å². The van der Waals surface area contributed by atoms with E-state index in [1.807, 2.05) is 43.3 Å². The Hall–Kier alpha value is -1.98. The maximum absolute atomic E-state index is 5.90. The number of halogens is 2. The number of rotatable bonds is 4. The van der Waals surface area contributed by atoms with Gasteiger partial charge in [-0.25, -0.2) is 9.97 Å². The first-order valence-electron chi connectivity index (χ1n) is 7.05. The molecule has 0 bridgehead atoms. The molecule has 0 aliphatic rings. The lowest BCUT2D eigenvalue weighted by molar-refractivity contribution is 1.02. The van der Waals surface area contributed by atoms with Crippen molar-refractivity contribution in [3.63, 3.8) is 0 Å². The van der Waals surface area contributed by atoms with Gasteiger partial charge in [0.05, 0.1) is 5.69 Å². The van der Waals surface area contributed by atoms with E-state index >= 15 is 0 Å². The summed E-state index contributed by atoms with van der Waals surface area (Å²) in [5.41, 5.74) is 2.92. The van der Waals surface area contributed by atoms with Gasteiger partial charge in [-0.3, -0.25) is 4.98 Å². The molecule has 3 rings (SSSR count). The lowest BCUT2D eigenvalue weighted by Crippen LogP contribution is -2.04. The number of hydrogen-bond donors (Lipinski definition) is 1. The Morgan fingerprint density at radius 2 is 1.87 bits per heavy atom. The van der Waals surface area contributed by atoms with Gasteiger partial charge in [0.1, 0.15) is 11.6 Å². The van der Waals surface area contributed by atoms with Gasteiger partial charge >= 0.3 is 0 Å². The molecule has 4 nitrogen and oxygen atoms in total. The molecule has 1 N–H and O–H groups in total. The Bertz CT molecular complexity index is 821. The molecule has 0 atom stereocenters. The van der Waals surface area contributed by atoms with E-state index < -0.39 is 0 Å². The van der Waals surface area contributed by atoms with Crippen LogP contribution in [0.3, 0.4) is 0 Å². The second kappa shape index (κ2) is 7.06. The zero-order valence-corrected chi connectivity index (χ0v) is 14.8. The molecule has 2 aromatic heterocycles. The largest absolute Gasteiger partial charge is 0.366 e. The van der Waals surface area contributed by atoms with E-state index in [0.29, 0.717) is 12.4 Å². The Labute approximate surface area is 148 Å². The summed E-state index contributed by atoms with van der Waals surface area (Å²) in [7, 11) is 0. The Balaban J connectivity index is 1.81. The van der Waals surface area contributed by atoms with Crippen LogP contribution < -0.4 is 5.32 Å². The van der Waals surface area contributed by atoms with E-state index in [2.05, 4.69) is 36.2 Å². The zero-order chi connectivity index (χ0) is 16.2. The number of nitrogens with zero attached hydrogens (tertiary/aromatic N) is 3. The maximum Gasteiger partial charge on any atom is 0.130 e. The smallest absolute Gasteiger partial charge is 0.130 e. The van der Waals surface area contributed by atoms with Crippen molar-refractivity contribution in [2.75, 3.05) is 5.32 Å². The van der Waals surface area contributed by atoms with Crippen molar-refractivity contribution in [2.24, 2.45) is 0 Å². The minimum atomic E-state index is 0.670. The second-order valence-corrected chi connectivity index (χ2v) is 6.41. The number of benzene rings is 1. The highest BCUT2D eigenvalue weighted by molar-refractivity contribution is 9.10. The van der Waals surface area contributed by atoms with Crippen molar-refractivity contribution in [3.05, 3.63) is 69.7 Å². The molecule has 0 unspecified atom stereocenters. The third-order valence-corrected chi connectivity index (χ3v) is 3.91. The van der Waals surface area contributed by atoms with Gasteiger partial charge in [-0.1, -0.05) is 23.7 Å². The van der Waals surface area contributed by atoms with Gasteiger partial charge in [0, 0.05) is 40.1 Å². The van der Waals surface area contributed by atoms with E-state index in [9.17, 15) is 0 Å². The van der Waals surface area contributed by atoms with E-state index in [1.54, 1.807) is 12.4 Å². The van der Waals surface area contributed by atoms with Crippen molar-refractivity contribution in [1.82, 2.24) is 15.0 Å². The van der Waals surface area contributed by atoms with Crippen molar-refractivity contribution in [3.8, 4) is 11.3 Å². The number of aryl methyl sites for hydroxylation is 1. The summed E-state index contributed by atoms with van der Waals surface area (Å²) >= 11 is 9.33. The fraction of sp³-hybridized carbons (Fsp3) is 0.118. The van der Waals surface area contributed by atoms with Crippen molar-refractivity contribution in [2.45, 2.75) is 13.5 Å². The molecule has 0 fully saturated rings. The molecule has 2 heterocycles. The summed E-state index contributed by atoms with van der Waals surface area (Å²) in [6.45, 7) is 2.55. The highest BCUT2D eigenvalue weighted by atomic mass is 79.9. The van der Waals surface area contributed by atoms with Crippen LogP contribution in [-0.4, -0.2) is 15.0 Å². The molecular weight excluding hydrogens is 376 g/mol. The van der Waals surface area contributed by atoms with Crippen molar-refractivity contribution >= 4 is 33.3 Å². The Morgan fingerprint density at radius 3 is 2.61 bits per heavy atom. The fourth-order valence-corrected chi connectivity index (χ4v) is 2.64. The molecule has 23 heavy (non-hydrogen) atoms. The van der Waals surface area contributed by atoms with Crippen LogP contribution in [0.2, 0.25) is 5.02 Å².